The van der Waals surface area contributed by atoms with Crippen molar-refractivity contribution in [2.75, 3.05) is 0 Å². The first kappa shape index (κ1) is 77.4. The molecule has 0 aromatic rings. The van der Waals surface area contributed by atoms with Crippen molar-refractivity contribution in [1.82, 2.24) is 0 Å². The van der Waals surface area contributed by atoms with Crippen LogP contribution < -0.4 is 0 Å². The van der Waals surface area contributed by atoms with Gasteiger partial charge in [-0.3, -0.25) is 0 Å². The van der Waals surface area contributed by atoms with Crippen LogP contribution >= 0.6 is 0 Å². The molecule has 0 spiro atoms. The molecule has 0 N–H and O–H groups in total. The molecule has 0 saturated heterocycles. The molecule has 4 heavy (non-hydrogen) atoms. The summed E-state index contributed by atoms with van der Waals surface area (Å²) in [4.78, 5) is 0. The molecular formula is C2H8CoFe. The minimum Gasteiger partial charge on any atom is -0.0776 e. The maximum absolute atomic E-state index is 0. The van der Waals surface area contributed by atoms with Crippen molar-refractivity contribution < 1.29 is 33.8 Å². The van der Waals surface area contributed by atoms with E-state index in [1.54, 1.807) is 0 Å². The van der Waals surface area contributed by atoms with Gasteiger partial charge in [0.2, 0.25) is 0 Å². The topological polar surface area (TPSA) is 0 Å². The van der Waals surface area contributed by atoms with E-state index in [0.29, 0.717) is 0 Å². The largest absolute Gasteiger partial charge is 0.0776 e. The van der Waals surface area contributed by atoms with Gasteiger partial charge >= 0.3 is 0 Å². The summed E-state index contributed by atoms with van der Waals surface area (Å²) in [5, 5.41) is 0. The van der Waals surface area contributed by atoms with Gasteiger partial charge in [-0.25, -0.2) is 0 Å². The van der Waals surface area contributed by atoms with Gasteiger partial charge in [0.15, 0.2) is 0 Å². The minimum atomic E-state index is 0. The molecule has 0 bridgehead atoms. The molecule has 0 saturated carbocycles. The van der Waals surface area contributed by atoms with Crippen LogP contribution in [-0.2, 0) is 33.8 Å². The zero-order chi connectivity index (χ0) is 0. The minimum absolute atomic E-state index is 0. The summed E-state index contributed by atoms with van der Waals surface area (Å²) in [7, 11) is 0. The van der Waals surface area contributed by atoms with Gasteiger partial charge < -0.3 is 0 Å². The molecule has 0 nitrogen and oxygen atoms in total. The second-order valence-electron chi connectivity index (χ2n) is 0. The Hall–Kier alpha value is 1.03. The Morgan fingerprint density at radius 2 is 0.750 bits per heavy atom. The first-order valence-electron chi connectivity index (χ1n) is 0. The quantitative estimate of drug-likeness (QED) is 0.452. The Morgan fingerprint density at radius 3 is 0.750 bits per heavy atom. The molecule has 0 amide bonds. The van der Waals surface area contributed by atoms with Crippen LogP contribution in [0.2, 0.25) is 0 Å². The van der Waals surface area contributed by atoms with E-state index in [1.165, 1.54) is 0 Å². The Kier molecular flexibility index (Phi) is 678. The van der Waals surface area contributed by atoms with E-state index in [9.17, 15) is 0 Å². The van der Waals surface area contributed by atoms with Crippen LogP contribution in [0.1, 0.15) is 14.9 Å². The second kappa shape index (κ2) is 35.0. The molecule has 0 unspecified atom stereocenters. The van der Waals surface area contributed by atoms with Crippen molar-refractivity contribution >= 4 is 0 Å². The fourth-order valence-electron chi connectivity index (χ4n) is 0. The molecule has 0 aliphatic rings. The van der Waals surface area contributed by atoms with E-state index < -0.39 is 0 Å². The molecule has 0 aromatic heterocycles. The third kappa shape index (κ3) is 11.8. The molecule has 2 heteroatoms. The molecule has 0 aliphatic heterocycles. The molecule has 0 heterocycles. The third-order valence-corrected chi connectivity index (χ3v) is 0. The molecule has 0 aromatic carbocycles. The van der Waals surface area contributed by atoms with E-state index in [4.69, 9.17) is 0 Å². The van der Waals surface area contributed by atoms with Gasteiger partial charge in [0.25, 0.3) is 0 Å². The van der Waals surface area contributed by atoms with Crippen LogP contribution in [0.3, 0.4) is 0 Å². The van der Waals surface area contributed by atoms with Crippen molar-refractivity contribution in [2.24, 2.45) is 0 Å². The van der Waals surface area contributed by atoms with Gasteiger partial charge in [0, 0.05) is 33.8 Å². The first-order chi connectivity index (χ1) is 0. The summed E-state index contributed by atoms with van der Waals surface area (Å²) in [6, 6.07) is 0. The average Bonchev–Trinajstić information content (AvgIpc) is 0. The zero-order valence-corrected chi connectivity index (χ0v) is 2.83. The SMILES string of the molecule is C.C.[Co].[Fe]. The van der Waals surface area contributed by atoms with E-state index in [-0.39, 0.29) is 48.7 Å². The van der Waals surface area contributed by atoms with Gasteiger partial charge in [0.05, 0.1) is 0 Å². The van der Waals surface area contributed by atoms with Crippen LogP contribution in [0, 0.1) is 0 Å². The Morgan fingerprint density at radius 1 is 0.750 bits per heavy atom. The maximum atomic E-state index is 0. The predicted molar refractivity (Wildman–Crippen MR) is 13.5 cm³/mol. The van der Waals surface area contributed by atoms with Gasteiger partial charge in [-0.05, 0) is 0 Å². The van der Waals surface area contributed by atoms with Gasteiger partial charge in [-0.15, -0.1) is 0 Å². The van der Waals surface area contributed by atoms with Crippen molar-refractivity contribution in [3.63, 3.8) is 0 Å². The number of hydrogen-bond donors (Lipinski definition) is 0. The number of rotatable bonds is 0. The maximum Gasteiger partial charge on any atom is 0 e. The Balaban J connectivity index is 0. The van der Waals surface area contributed by atoms with E-state index >= 15 is 0 Å². The van der Waals surface area contributed by atoms with Gasteiger partial charge in [-0.1, -0.05) is 14.9 Å². The van der Waals surface area contributed by atoms with Crippen molar-refractivity contribution in [3.05, 3.63) is 0 Å². The van der Waals surface area contributed by atoms with Crippen LogP contribution in [0.5, 0.6) is 0 Å². The van der Waals surface area contributed by atoms with Gasteiger partial charge in [0.1, 0.15) is 0 Å². The summed E-state index contributed by atoms with van der Waals surface area (Å²) in [6.45, 7) is 0. The summed E-state index contributed by atoms with van der Waals surface area (Å²) in [5.74, 6) is 0. The predicted octanol–water partition coefficient (Wildman–Crippen LogP) is 1.27. The zero-order valence-electron chi connectivity index (χ0n) is 0.687. The third-order valence-electron chi connectivity index (χ3n) is 0. The van der Waals surface area contributed by atoms with E-state index in [1.807, 2.05) is 0 Å². The van der Waals surface area contributed by atoms with Crippen molar-refractivity contribution in [2.45, 2.75) is 14.9 Å². The average molecular weight is 147 g/mol. The molecular weight excluding hydrogens is 139 g/mol. The number of hydrogen-bond acceptors (Lipinski definition) is 0. The normalized spacial score (nSPS) is 0. The summed E-state index contributed by atoms with van der Waals surface area (Å²) < 4.78 is 0. The Labute approximate surface area is 49.0 Å². The summed E-state index contributed by atoms with van der Waals surface area (Å²) in [5.41, 5.74) is 0. The van der Waals surface area contributed by atoms with E-state index in [2.05, 4.69) is 0 Å². The fraction of sp³-hybridized carbons (Fsp3) is 1.00. The van der Waals surface area contributed by atoms with Crippen molar-refractivity contribution in [1.29, 1.82) is 0 Å². The second-order valence-corrected chi connectivity index (χ2v) is 0. The van der Waals surface area contributed by atoms with Crippen LogP contribution in [-0.4, -0.2) is 0 Å². The molecule has 33 valence electrons. The van der Waals surface area contributed by atoms with E-state index in [0.717, 1.165) is 0 Å². The summed E-state index contributed by atoms with van der Waals surface area (Å²) in [6.07, 6.45) is 0. The van der Waals surface area contributed by atoms with Gasteiger partial charge in [-0.2, -0.15) is 0 Å². The molecule has 0 rings (SSSR count). The van der Waals surface area contributed by atoms with Crippen LogP contribution in [0.25, 0.3) is 0 Å². The summed E-state index contributed by atoms with van der Waals surface area (Å²) >= 11 is 0. The Bertz CT molecular complexity index is 6.00. The fourth-order valence-corrected chi connectivity index (χ4v) is 0. The van der Waals surface area contributed by atoms with Crippen molar-refractivity contribution in [3.8, 4) is 0 Å². The smallest absolute Gasteiger partial charge is 0 e. The molecule has 1 radical (unpaired) electrons. The van der Waals surface area contributed by atoms with Crippen LogP contribution in [0.4, 0.5) is 0 Å². The van der Waals surface area contributed by atoms with Crippen LogP contribution in [0.15, 0.2) is 0 Å². The first-order valence-corrected chi connectivity index (χ1v) is 0. The standard InChI is InChI=1S/2CH4.Co.Fe/h2*1H4;;. The molecule has 0 atom stereocenters. The molecule has 0 fully saturated rings. The molecule has 0 aliphatic carbocycles. The monoisotopic (exact) mass is 147 g/mol.